The van der Waals surface area contributed by atoms with Gasteiger partial charge in [-0.2, -0.15) is 4.31 Å². The molecule has 178 valence electrons. The van der Waals surface area contributed by atoms with Crippen LogP contribution in [0.1, 0.15) is 32.3 Å². The second-order valence-electron chi connectivity index (χ2n) is 8.06. The van der Waals surface area contributed by atoms with Crippen molar-refractivity contribution in [2.45, 2.75) is 38.8 Å². The molecule has 1 aromatic rings. The molecule has 1 heterocycles. The quantitative estimate of drug-likeness (QED) is 0.469. The van der Waals surface area contributed by atoms with Gasteiger partial charge in [-0.05, 0) is 31.0 Å². The average Bonchev–Trinajstić information content (AvgIpc) is 2.74. The number of piperazine rings is 1. The Morgan fingerprint density at radius 3 is 2.44 bits per heavy atom. The number of ether oxygens (including phenoxy) is 1. The second-order valence-corrected chi connectivity index (χ2v) is 10.0. The van der Waals surface area contributed by atoms with E-state index in [0.29, 0.717) is 6.61 Å². The van der Waals surface area contributed by atoms with Gasteiger partial charge in [-0.3, -0.25) is 14.4 Å². The van der Waals surface area contributed by atoms with Crippen molar-refractivity contribution in [1.29, 1.82) is 0 Å². The highest BCUT2D eigenvalue weighted by atomic mass is 32.2. The fraction of sp³-hybridized carbons (Fsp3) is 0.571. The molecule has 1 fully saturated rings. The molecule has 1 saturated heterocycles. The third-order valence-electron chi connectivity index (χ3n) is 5.46. The van der Waals surface area contributed by atoms with E-state index in [9.17, 15) is 22.8 Å². The van der Waals surface area contributed by atoms with E-state index in [-0.39, 0.29) is 26.2 Å². The third-order valence-corrected chi connectivity index (χ3v) is 6.65. The fourth-order valence-electron chi connectivity index (χ4n) is 3.15. The zero-order valence-corrected chi connectivity index (χ0v) is 19.8. The lowest BCUT2D eigenvalue weighted by atomic mass is 9.96. The average molecular weight is 469 g/mol. The third kappa shape index (κ3) is 6.67. The van der Waals surface area contributed by atoms with Gasteiger partial charge in [0.25, 0.3) is 0 Å². The first-order valence-corrected chi connectivity index (χ1v) is 12.3. The summed E-state index contributed by atoms with van der Waals surface area (Å²) < 4.78 is 30.3. The Kier molecular flexibility index (Phi) is 8.62. The highest BCUT2D eigenvalue weighted by molar-refractivity contribution is 7.88. The van der Waals surface area contributed by atoms with Gasteiger partial charge >= 0.3 is 0 Å². The number of hydrogen-bond acceptors (Lipinski definition) is 6. The van der Waals surface area contributed by atoms with Crippen molar-refractivity contribution in [1.82, 2.24) is 19.8 Å². The summed E-state index contributed by atoms with van der Waals surface area (Å²) in [5.74, 6) is -0.741. The molecule has 0 aromatic heterocycles. The summed E-state index contributed by atoms with van der Waals surface area (Å²) in [6.45, 7) is 3.70. The lowest BCUT2D eigenvalue weighted by Gasteiger charge is -2.44. The number of carbonyl (C=O) groups excluding carboxylic acids is 3. The molecule has 2 N–H and O–H groups in total. The predicted octanol–water partition coefficient (Wildman–Crippen LogP) is 0.0902. The lowest BCUT2D eigenvalue weighted by molar-refractivity contribution is -0.150. The molecule has 0 bridgehead atoms. The van der Waals surface area contributed by atoms with E-state index in [0.717, 1.165) is 34.7 Å². The number of amides is 3. The lowest BCUT2D eigenvalue weighted by Crippen LogP contribution is -2.68. The standard InChI is InChI=1S/C21H32N4O6S/c1-5-6-11-31-17-9-7-16(8-10-17)12-22-18(26)13-23-20(28)21(2)15-25(32(4,29)30)14-19(27)24(21)3/h7-10H,5-6,11-15H2,1-4H3,(H,22,26)(H,23,28). The molecule has 1 aliphatic rings. The van der Waals surface area contributed by atoms with Crippen LogP contribution in [-0.4, -0.2) is 80.4 Å². The van der Waals surface area contributed by atoms with Crippen LogP contribution in [0.4, 0.5) is 0 Å². The van der Waals surface area contributed by atoms with E-state index in [2.05, 4.69) is 17.6 Å². The highest BCUT2D eigenvalue weighted by Crippen LogP contribution is 2.22. The Bertz CT molecular complexity index is 934. The van der Waals surface area contributed by atoms with Crippen LogP contribution in [-0.2, 0) is 31.0 Å². The van der Waals surface area contributed by atoms with Crippen LogP contribution in [0, 0.1) is 0 Å². The van der Waals surface area contributed by atoms with Crippen molar-refractivity contribution in [3.05, 3.63) is 29.8 Å². The Morgan fingerprint density at radius 1 is 1.19 bits per heavy atom. The zero-order valence-electron chi connectivity index (χ0n) is 19.0. The highest BCUT2D eigenvalue weighted by Gasteiger charge is 2.47. The van der Waals surface area contributed by atoms with Gasteiger partial charge in [0.15, 0.2) is 0 Å². The molecule has 1 atom stereocenters. The summed E-state index contributed by atoms with van der Waals surface area (Å²) in [5, 5.41) is 5.22. The first-order valence-electron chi connectivity index (χ1n) is 10.5. The Hall–Kier alpha value is -2.66. The largest absolute Gasteiger partial charge is 0.494 e. The molecule has 10 nitrogen and oxygen atoms in total. The maximum absolute atomic E-state index is 12.8. The number of nitrogens with zero attached hydrogens (tertiary/aromatic N) is 2. The van der Waals surface area contributed by atoms with Gasteiger partial charge in [-0.1, -0.05) is 25.5 Å². The monoisotopic (exact) mass is 468 g/mol. The molecule has 1 unspecified atom stereocenters. The molecule has 11 heteroatoms. The smallest absolute Gasteiger partial charge is 0.247 e. The molecular formula is C21H32N4O6S. The number of benzene rings is 1. The minimum Gasteiger partial charge on any atom is -0.494 e. The minimum atomic E-state index is -3.65. The number of rotatable bonds is 10. The Labute approximate surface area is 189 Å². The summed E-state index contributed by atoms with van der Waals surface area (Å²) in [6.07, 6.45) is 3.03. The molecule has 0 aliphatic carbocycles. The second kappa shape index (κ2) is 10.8. The van der Waals surface area contributed by atoms with Crippen LogP contribution in [0.3, 0.4) is 0 Å². The number of sulfonamides is 1. The predicted molar refractivity (Wildman–Crippen MR) is 119 cm³/mol. The van der Waals surface area contributed by atoms with E-state index in [4.69, 9.17) is 4.74 Å². The van der Waals surface area contributed by atoms with E-state index in [1.807, 2.05) is 24.3 Å². The van der Waals surface area contributed by atoms with Crippen molar-refractivity contribution >= 4 is 27.7 Å². The van der Waals surface area contributed by atoms with Crippen molar-refractivity contribution in [2.24, 2.45) is 0 Å². The summed E-state index contributed by atoms with van der Waals surface area (Å²) in [7, 11) is -2.21. The van der Waals surface area contributed by atoms with E-state index in [1.165, 1.54) is 18.9 Å². The van der Waals surface area contributed by atoms with Gasteiger partial charge in [0.2, 0.25) is 27.7 Å². The van der Waals surface area contributed by atoms with Crippen LogP contribution in [0.15, 0.2) is 24.3 Å². The Morgan fingerprint density at radius 2 is 1.84 bits per heavy atom. The van der Waals surface area contributed by atoms with Crippen molar-refractivity contribution in [3.63, 3.8) is 0 Å². The molecular weight excluding hydrogens is 436 g/mol. The van der Waals surface area contributed by atoms with Crippen LogP contribution >= 0.6 is 0 Å². The first-order chi connectivity index (χ1) is 15.0. The molecule has 1 aliphatic heterocycles. The van der Waals surface area contributed by atoms with Crippen LogP contribution in [0.25, 0.3) is 0 Å². The molecule has 0 saturated carbocycles. The number of hydrogen-bond donors (Lipinski definition) is 2. The fourth-order valence-corrected chi connectivity index (χ4v) is 3.98. The number of unbranched alkanes of at least 4 members (excludes halogenated alkanes) is 1. The maximum Gasteiger partial charge on any atom is 0.247 e. The van der Waals surface area contributed by atoms with Crippen LogP contribution in [0.2, 0.25) is 0 Å². The summed E-state index contributed by atoms with van der Waals surface area (Å²) in [4.78, 5) is 38.4. The van der Waals surface area contributed by atoms with Gasteiger partial charge < -0.3 is 20.3 Å². The van der Waals surface area contributed by atoms with Crippen molar-refractivity contribution in [2.75, 3.05) is 39.5 Å². The van der Waals surface area contributed by atoms with Gasteiger partial charge in [-0.15, -0.1) is 0 Å². The topological polar surface area (TPSA) is 125 Å². The van der Waals surface area contributed by atoms with Crippen molar-refractivity contribution < 1.29 is 27.5 Å². The van der Waals surface area contributed by atoms with Crippen LogP contribution in [0.5, 0.6) is 5.75 Å². The SMILES string of the molecule is CCCCOc1ccc(CNC(=O)CNC(=O)C2(C)CN(S(C)(=O)=O)CC(=O)N2C)cc1. The van der Waals surface area contributed by atoms with E-state index in [1.54, 1.807) is 0 Å². The molecule has 1 aromatic carbocycles. The molecule has 0 radical (unpaired) electrons. The summed E-state index contributed by atoms with van der Waals surface area (Å²) in [5.41, 5.74) is -0.548. The van der Waals surface area contributed by atoms with Crippen molar-refractivity contribution in [3.8, 4) is 5.75 Å². The van der Waals surface area contributed by atoms with Crippen LogP contribution < -0.4 is 15.4 Å². The Balaban J connectivity index is 1.86. The first kappa shape index (κ1) is 25.6. The normalized spacial score (nSPS) is 19.5. The van der Waals surface area contributed by atoms with Gasteiger partial charge in [0.1, 0.15) is 11.3 Å². The molecule has 0 spiro atoms. The molecule has 3 amide bonds. The minimum absolute atomic E-state index is 0.186. The molecule has 2 rings (SSSR count). The van der Waals surface area contributed by atoms with Gasteiger partial charge in [0.05, 0.1) is 26.0 Å². The zero-order chi connectivity index (χ0) is 23.9. The van der Waals surface area contributed by atoms with E-state index >= 15 is 0 Å². The van der Waals surface area contributed by atoms with Gasteiger partial charge in [-0.25, -0.2) is 8.42 Å². The number of nitrogens with one attached hydrogen (secondary N) is 2. The number of carbonyl (C=O) groups is 3. The molecule has 32 heavy (non-hydrogen) atoms. The van der Waals surface area contributed by atoms with E-state index < -0.39 is 33.3 Å². The maximum atomic E-state index is 12.8. The number of likely N-dealkylation sites (N-methyl/N-ethyl adjacent to an activating group) is 1. The summed E-state index contributed by atoms with van der Waals surface area (Å²) >= 11 is 0. The van der Waals surface area contributed by atoms with Gasteiger partial charge in [0, 0.05) is 20.1 Å². The summed E-state index contributed by atoms with van der Waals surface area (Å²) in [6, 6.07) is 7.37.